The summed E-state index contributed by atoms with van der Waals surface area (Å²) in [7, 11) is 0. The number of aromatic nitrogens is 1. The molecular formula is C19H18F3N3O2. The van der Waals surface area contributed by atoms with E-state index in [0.29, 0.717) is 5.39 Å². The molecule has 8 heteroatoms. The average Bonchev–Trinajstić information content (AvgIpc) is 3.08. The molecule has 3 aliphatic rings. The SMILES string of the molecule is O=C1CCC(n2cc3c(F)c(F)c(F)c(C4C5CNCC4C5)c3c2)C(=O)N1. The van der Waals surface area contributed by atoms with Crippen molar-refractivity contribution in [3.63, 3.8) is 0 Å². The first-order valence-electron chi connectivity index (χ1n) is 9.17. The predicted molar refractivity (Wildman–Crippen MR) is 90.4 cm³/mol. The van der Waals surface area contributed by atoms with Crippen molar-refractivity contribution in [2.45, 2.75) is 31.2 Å². The number of hydrogen-bond acceptors (Lipinski definition) is 3. The zero-order valence-electron chi connectivity index (χ0n) is 14.4. The molecule has 2 amide bonds. The quantitative estimate of drug-likeness (QED) is 0.624. The van der Waals surface area contributed by atoms with E-state index >= 15 is 0 Å². The topological polar surface area (TPSA) is 63.1 Å². The third kappa shape index (κ3) is 2.35. The third-order valence-corrected chi connectivity index (χ3v) is 6.33. The van der Waals surface area contributed by atoms with Crippen LogP contribution in [0.3, 0.4) is 0 Å². The van der Waals surface area contributed by atoms with Gasteiger partial charge in [0.15, 0.2) is 17.5 Å². The molecule has 5 rings (SSSR count). The summed E-state index contributed by atoms with van der Waals surface area (Å²) in [6, 6.07) is -0.698. The van der Waals surface area contributed by atoms with Gasteiger partial charge in [0.25, 0.3) is 0 Å². The second-order valence-electron chi connectivity index (χ2n) is 7.80. The molecule has 3 unspecified atom stereocenters. The highest BCUT2D eigenvalue weighted by Gasteiger charge is 2.47. The molecular weight excluding hydrogens is 359 g/mol. The van der Waals surface area contributed by atoms with Crippen molar-refractivity contribution in [1.29, 1.82) is 0 Å². The molecule has 142 valence electrons. The Hall–Kier alpha value is -2.35. The van der Waals surface area contributed by atoms with E-state index in [1.165, 1.54) is 17.0 Å². The van der Waals surface area contributed by atoms with E-state index in [1.807, 2.05) is 0 Å². The predicted octanol–water partition coefficient (Wildman–Crippen LogP) is 2.36. The molecule has 1 aromatic carbocycles. The fourth-order valence-corrected chi connectivity index (χ4v) is 5.00. The highest BCUT2D eigenvalue weighted by Crippen LogP contribution is 2.52. The van der Waals surface area contributed by atoms with Crippen molar-refractivity contribution in [3.05, 3.63) is 35.4 Å². The van der Waals surface area contributed by atoms with Gasteiger partial charge >= 0.3 is 0 Å². The summed E-state index contributed by atoms with van der Waals surface area (Å²) >= 11 is 0. The Morgan fingerprint density at radius 1 is 0.963 bits per heavy atom. The first-order valence-corrected chi connectivity index (χ1v) is 9.17. The van der Waals surface area contributed by atoms with Crippen molar-refractivity contribution < 1.29 is 22.8 Å². The number of rotatable bonds is 2. The second-order valence-corrected chi connectivity index (χ2v) is 7.80. The molecule has 2 aliphatic heterocycles. The number of carbonyl (C=O) groups excluding carboxylic acids is 2. The first kappa shape index (κ1) is 16.8. The van der Waals surface area contributed by atoms with E-state index in [-0.39, 0.29) is 47.5 Å². The number of piperidine rings is 3. The third-order valence-electron chi connectivity index (χ3n) is 6.33. The van der Waals surface area contributed by atoms with E-state index < -0.39 is 29.4 Å². The highest BCUT2D eigenvalue weighted by atomic mass is 19.2. The zero-order valence-corrected chi connectivity index (χ0v) is 14.4. The molecule has 2 aromatic rings. The normalized spacial score (nSPS) is 30.3. The second kappa shape index (κ2) is 5.82. The van der Waals surface area contributed by atoms with Gasteiger partial charge in [-0.15, -0.1) is 0 Å². The van der Waals surface area contributed by atoms with Crippen molar-refractivity contribution in [3.8, 4) is 0 Å². The van der Waals surface area contributed by atoms with Gasteiger partial charge in [-0.25, -0.2) is 13.2 Å². The Morgan fingerprint density at radius 2 is 1.67 bits per heavy atom. The number of halogens is 3. The molecule has 3 fully saturated rings. The molecule has 3 heterocycles. The molecule has 2 saturated heterocycles. The van der Waals surface area contributed by atoms with Gasteiger partial charge in [-0.05, 0) is 43.7 Å². The number of amides is 2. The maximum absolute atomic E-state index is 14.8. The van der Waals surface area contributed by atoms with Crippen molar-refractivity contribution in [2.75, 3.05) is 13.1 Å². The van der Waals surface area contributed by atoms with Crippen LogP contribution in [0.4, 0.5) is 13.2 Å². The maximum atomic E-state index is 14.8. The minimum atomic E-state index is -1.46. The Labute approximate surface area is 152 Å². The highest BCUT2D eigenvalue weighted by molar-refractivity contribution is 6.00. The number of fused-ring (bicyclic) bond motifs is 3. The van der Waals surface area contributed by atoms with Crippen LogP contribution in [0.5, 0.6) is 0 Å². The summed E-state index contributed by atoms with van der Waals surface area (Å²) in [6.45, 7) is 1.46. The summed E-state index contributed by atoms with van der Waals surface area (Å²) in [4.78, 5) is 23.5. The minimum absolute atomic E-state index is 0.0217. The van der Waals surface area contributed by atoms with Crippen LogP contribution >= 0.6 is 0 Å². The first-order chi connectivity index (χ1) is 13.0. The van der Waals surface area contributed by atoms with Crippen LogP contribution in [0.15, 0.2) is 12.4 Å². The van der Waals surface area contributed by atoms with Crippen LogP contribution in [0.2, 0.25) is 0 Å². The lowest BCUT2D eigenvalue weighted by molar-refractivity contribution is -0.135. The number of hydrogen-bond donors (Lipinski definition) is 2. The fourth-order valence-electron chi connectivity index (χ4n) is 5.00. The molecule has 1 saturated carbocycles. The summed E-state index contributed by atoms with van der Waals surface area (Å²) in [5.74, 6) is -4.41. The van der Waals surface area contributed by atoms with Gasteiger partial charge in [0.2, 0.25) is 11.8 Å². The van der Waals surface area contributed by atoms with Crippen LogP contribution < -0.4 is 10.6 Å². The molecule has 27 heavy (non-hydrogen) atoms. The summed E-state index contributed by atoms with van der Waals surface area (Å²) in [6.07, 6.45) is 4.26. The van der Waals surface area contributed by atoms with E-state index in [2.05, 4.69) is 10.6 Å². The van der Waals surface area contributed by atoms with Crippen LogP contribution in [-0.4, -0.2) is 29.5 Å². The maximum Gasteiger partial charge on any atom is 0.249 e. The largest absolute Gasteiger partial charge is 0.341 e. The van der Waals surface area contributed by atoms with Gasteiger partial charge in [-0.1, -0.05) is 0 Å². The van der Waals surface area contributed by atoms with E-state index in [9.17, 15) is 22.8 Å². The van der Waals surface area contributed by atoms with E-state index in [0.717, 1.165) is 19.5 Å². The summed E-state index contributed by atoms with van der Waals surface area (Å²) < 4.78 is 45.0. The molecule has 0 spiro atoms. The van der Waals surface area contributed by atoms with E-state index in [1.54, 1.807) is 0 Å². The van der Waals surface area contributed by atoms with Gasteiger partial charge < -0.3 is 9.88 Å². The van der Waals surface area contributed by atoms with Gasteiger partial charge in [0.05, 0.1) is 0 Å². The monoisotopic (exact) mass is 377 g/mol. The molecule has 1 aromatic heterocycles. The fraction of sp³-hybridized carbons (Fsp3) is 0.474. The van der Waals surface area contributed by atoms with E-state index in [4.69, 9.17) is 0 Å². The molecule has 2 N–H and O–H groups in total. The van der Waals surface area contributed by atoms with Crippen molar-refractivity contribution >= 4 is 22.6 Å². The Morgan fingerprint density at radius 3 is 2.33 bits per heavy atom. The summed E-state index contributed by atoms with van der Waals surface area (Å²) in [5.41, 5.74) is 0.220. The molecule has 2 bridgehead atoms. The number of benzene rings is 1. The van der Waals surface area contributed by atoms with Crippen molar-refractivity contribution in [2.24, 2.45) is 11.8 Å². The number of carbonyl (C=O) groups is 2. The number of imide groups is 1. The molecule has 3 atom stereocenters. The Balaban J connectivity index is 1.65. The lowest BCUT2D eigenvalue weighted by atomic mass is 9.59. The van der Waals surface area contributed by atoms with Gasteiger partial charge in [-0.3, -0.25) is 14.9 Å². The van der Waals surface area contributed by atoms with Crippen molar-refractivity contribution in [1.82, 2.24) is 15.2 Å². The van der Waals surface area contributed by atoms with Crippen LogP contribution in [0.1, 0.15) is 36.8 Å². The minimum Gasteiger partial charge on any atom is -0.341 e. The van der Waals surface area contributed by atoms with Gasteiger partial charge in [-0.2, -0.15) is 0 Å². The lowest BCUT2D eigenvalue weighted by Crippen LogP contribution is -2.52. The zero-order chi connectivity index (χ0) is 18.9. The molecule has 1 aliphatic carbocycles. The standard InChI is InChI=1S/C19H18F3N3O2/c20-16-11-7-25(12-1-2-13(26)24-19(12)27)6-10(11)15(17(21)18(16)22)14-8-3-9(14)5-23-4-8/h6-9,12,14,23H,1-5H2,(H,24,26,27). The lowest BCUT2D eigenvalue weighted by Gasteiger charge is -2.50. The summed E-state index contributed by atoms with van der Waals surface area (Å²) in [5, 5.41) is 5.81. The number of nitrogens with zero attached hydrogens (tertiary/aromatic N) is 1. The Bertz CT molecular complexity index is 972. The van der Waals surface area contributed by atoms with Gasteiger partial charge in [0, 0.05) is 35.2 Å². The van der Waals surface area contributed by atoms with Crippen LogP contribution in [0.25, 0.3) is 10.8 Å². The Kier molecular flexibility index (Phi) is 3.62. The van der Waals surface area contributed by atoms with Gasteiger partial charge in [0.1, 0.15) is 6.04 Å². The van der Waals surface area contributed by atoms with Crippen LogP contribution in [0, 0.1) is 29.3 Å². The number of nitrogens with one attached hydrogen (secondary N) is 2. The average molecular weight is 377 g/mol. The molecule has 0 radical (unpaired) electrons. The smallest absolute Gasteiger partial charge is 0.249 e. The van der Waals surface area contributed by atoms with Crippen LogP contribution in [-0.2, 0) is 9.59 Å². The molecule has 5 nitrogen and oxygen atoms in total.